The molecule has 98 valence electrons. The molecule has 0 aliphatic rings. The van der Waals surface area contributed by atoms with Gasteiger partial charge in [-0.05, 0) is 43.2 Å². The molecule has 0 aliphatic carbocycles. The van der Waals surface area contributed by atoms with E-state index in [4.69, 9.17) is 19.4 Å². The van der Waals surface area contributed by atoms with E-state index < -0.39 is 0 Å². The van der Waals surface area contributed by atoms with Crippen molar-refractivity contribution in [3.63, 3.8) is 0 Å². The topological polar surface area (TPSA) is 17.3 Å². The van der Waals surface area contributed by atoms with Gasteiger partial charge in [-0.25, -0.2) is 4.98 Å². The van der Waals surface area contributed by atoms with Crippen molar-refractivity contribution in [3.8, 4) is 11.1 Å². The van der Waals surface area contributed by atoms with Crippen LogP contribution in [0.4, 0.5) is 0 Å². The van der Waals surface area contributed by atoms with Gasteiger partial charge in [-0.15, -0.1) is 0 Å². The molecule has 0 bridgehead atoms. The van der Waals surface area contributed by atoms with Crippen LogP contribution in [-0.4, -0.2) is 17.2 Å². The number of pyridine rings is 1. The van der Waals surface area contributed by atoms with Crippen molar-refractivity contribution in [1.82, 2.24) is 9.38 Å². The number of nitrogens with zero attached hydrogens (tertiary/aromatic N) is 2. The first kappa shape index (κ1) is 13.3. The summed E-state index contributed by atoms with van der Waals surface area (Å²) in [5.41, 5.74) is 6.31. The zero-order valence-corrected chi connectivity index (χ0v) is 12.3. The second kappa shape index (κ2) is 4.99. The Kier molecular flexibility index (Phi) is 3.31. The normalized spacial score (nSPS) is 11.2. The molecular weight excluding hydrogens is 266 g/mol. The molecule has 2 heterocycles. The molecule has 0 atom stereocenters. The fraction of sp³-hybridized carbons (Fsp3) is 0.188. The smallest absolute Gasteiger partial charge is 0.145 e. The van der Waals surface area contributed by atoms with Gasteiger partial charge in [0.15, 0.2) is 0 Å². The van der Waals surface area contributed by atoms with Gasteiger partial charge in [0.05, 0.1) is 13.5 Å². The van der Waals surface area contributed by atoms with Crippen molar-refractivity contribution in [2.24, 2.45) is 0 Å². The zero-order chi connectivity index (χ0) is 14.3. The minimum atomic E-state index is 0.500. The quantitative estimate of drug-likeness (QED) is 0.650. The third-order valence-corrected chi connectivity index (χ3v) is 3.86. The largest absolute Gasteiger partial charge is 0.303 e. The molecule has 0 spiro atoms. The maximum atomic E-state index is 6.10. The van der Waals surface area contributed by atoms with Crippen LogP contribution in [0.3, 0.4) is 0 Å². The fourth-order valence-electron chi connectivity index (χ4n) is 2.41. The first-order valence-corrected chi connectivity index (χ1v) is 6.92. The van der Waals surface area contributed by atoms with Crippen molar-refractivity contribution in [2.45, 2.75) is 20.2 Å². The van der Waals surface area contributed by atoms with Gasteiger partial charge in [-0.1, -0.05) is 30.1 Å². The molecule has 4 heteroatoms. The molecule has 2 aromatic heterocycles. The van der Waals surface area contributed by atoms with E-state index in [1.807, 2.05) is 31.2 Å². The van der Waals surface area contributed by atoms with Gasteiger partial charge >= 0.3 is 0 Å². The minimum Gasteiger partial charge on any atom is -0.303 e. The highest BCUT2D eigenvalue weighted by Gasteiger charge is 2.12. The van der Waals surface area contributed by atoms with E-state index >= 15 is 0 Å². The van der Waals surface area contributed by atoms with Crippen LogP contribution in [0, 0.1) is 13.8 Å². The maximum absolute atomic E-state index is 6.10. The molecule has 2 radical (unpaired) electrons. The second-order valence-electron chi connectivity index (χ2n) is 4.95. The number of rotatable bonds is 2. The highest BCUT2D eigenvalue weighted by Crippen LogP contribution is 2.29. The molecule has 0 unspecified atom stereocenters. The van der Waals surface area contributed by atoms with Gasteiger partial charge in [-0.3, -0.25) is 0 Å². The molecule has 0 amide bonds. The molecule has 0 fully saturated rings. The van der Waals surface area contributed by atoms with Crippen molar-refractivity contribution < 1.29 is 0 Å². The zero-order valence-electron chi connectivity index (χ0n) is 11.5. The van der Waals surface area contributed by atoms with Gasteiger partial charge in [-0.2, -0.15) is 0 Å². The Balaban J connectivity index is 2.36. The van der Waals surface area contributed by atoms with Crippen LogP contribution in [0.2, 0.25) is 5.02 Å². The lowest BCUT2D eigenvalue weighted by atomic mass is 9.95. The van der Waals surface area contributed by atoms with E-state index in [1.165, 1.54) is 0 Å². The monoisotopic (exact) mass is 280 g/mol. The predicted octanol–water partition coefficient (Wildman–Crippen LogP) is 3.94. The first-order valence-electron chi connectivity index (χ1n) is 6.54. The molecule has 3 aromatic rings. The fourth-order valence-corrected chi connectivity index (χ4v) is 2.60. The van der Waals surface area contributed by atoms with E-state index in [0.29, 0.717) is 6.32 Å². The number of fused-ring (bicyclic) bond motifs is 1. The Bertz CT molecular complexity index is 793. The van der Waals surface area contributed by atoms with E-state index in [1.54, 1.807) is 0 Å². The molecule has 0 aliphatic heterocycles. The van der Waals surface area contributed by atoms with Crippen molar-refractivity contribution in [3.05, 3.63) is 58.5 Å². The molecule has 3 rings (SSSR count). The predicted molar refractivity (Wildman–Crippen MR) is 84.6 cm³/mol. The lowest BCUT2D eigenvalue weighted by Crippen LogP contribution is -1.96. The summed E-state index contributed by atoms with van der Waals surface area (Å²) in [5, 5.41) is 0.721. The van der Waals surface area contributed by atoms with Crippen LogP contribution in [0.1, 0.15) is 17.0 Å². The third-order valence-electron chi connectivity index (χ3n) is 3.62. The number of halogens is 1. The standard InChI is InChI=1S/C16H14BClN2/c1-10-11(2)20-9-12(8-17)6-15(16(20)19-10)13-4-3-5-14(18)7-13/h3-7,9H,8H2,1-2H3. The molecule has 20 heavy (non-hydrogen) atoms. The van der Waals surface area contributed by atoms with Crippen LogP contribution < -0.4 is 0 Å². The lowest BCUT2D eigenvalue weighted by molar-refractivity contribution is 1.07. The molecule has 2 nitrogen and oxygen atoms in total. The summed E-state index contributed by atoms with van der Waals surface area (Å²) >= 11 is 6.10. The van der Waals surface area contributed by atoms with Crippen molar-refractivity contribution in [2.75, 3.05) is 0 Å². The van der Waals surface area contributed by atoms with E-state index in [0.717, 1.165) is 38.7 Å². The van der Waals surface area contributed by atoms with Gasteiger partial charge < -0.3 is 4.40 Å². The molecule has 0 saturated heterocycles. The van der Waals surface area contributed by atoms with Crippen LogP contribution >= 0.6 is 11.6 Å². The number of hydrogen-bond donors (Lipinski definition) is 0. The summed E-state index contributed by atoms with van der Waals surface area (Å²) in [6.45, 7) is 4.09. The number of hydrogen-bond acceptors (Lipinski definition) is 1. The van der Waals surface area contributed by atoms with Crippen LogP contribution in [0.25, 0.3) is 16.8 Å². The van der Waals surface area contributed by atoms with E-state index in [2.05, 4.69) is 28.6 Å². The summed E-state index contributed by atoms with van der Waals surface area (Å²) in [4.78, 5) is 4.67. The summed E-state index contributed by atoms with van der Waals surface area (Å²) in [6.07, 6.45) is 2.55. The van der Waals surface area contributed by atoms with Crippen LogP contribution in [0.15, 0.2) is 36.5 Å². The highest BCUT2D eigenvalue weighted by molar-refractivity contribution is 6.30. The van der Waals surface area contributed by atoms with Crippen molar-refractivity contribution in [1.29, 1.82) is 0 Å². The maximum Gasteiger partial charge on any atom is 0.145 e. The summed E-state index contributed by atoms with van der Waals surface area (Å²) in [7, 11) is 5.81. The second-order valence-corrected chi connectivity index (χ2v) is 5.39. The average Bonchev–Trinajstić information content (AvgIpc) is 2.73. The molecular formula is C16H14BClN2. The van der Waals surface area contributed by atoms with Gasteiger partial charge in [0.2, 0.25) is 0 Å². The summed E-state index contributed by atoms with van der Waals surface area (Å²) < 4.78 is 2.10. The van der Waals surface area contributed by atoms with E-state index in [9.17, 15) is 0 Å². The number of benzene rings is 1. The van der Waals surface area contributed by atoms with Gasteiger partial charge in [0.25, 0.3) is 0 Å². The van der Waals surface area contributed by atoms with Crippen LogP contribution in [0.5, 0.6) is 0 Å². The number of aromatic nitrogens is 2. The third kappa shape index (κ3) is 2.12. The molecule has 0 N–H and O–H groups in total. The Labute approximate surface area is 124 Å². The van der Waals surface area contributed by atoms with Gasteiger partial charge in [0, 0.05) is 22.5 Å². The Hall–Kier alpha value is -1.74. The summed E-state index contributed by atoms with van der Waals surface area (Å²) in [6, 6.07) is 9.91. The van der Waals surface area contributed by atoms with E-state index in [-0.39, 0.29) is 0 Å². The van der Waals surface area contributed by atoms with Crippen molar-refractivity contribution >= 4 is 25.1 Å². The molecule has 1 aromatic carbocycles. The minimum absolute atomic E-state index is 0.500. The first-order chi connectivity index (χ1) is 9.60. The van der Waals surface area contributed by atoms with Crippen LogP contribution in [-0.2, 0) is 6.32 Å². The SMILES string of the molecule is [B]Cc1cc(-c2cccc(Cl)c2)c2nc(C)c(C)n2c1. The molecule has 0 saturated carbocycles. The highest BCUT2D eigenvalue weighted by atomic mass is 35.5. The Morgan fingerprint density at radius 3 is 2.75 bits per heavy atom. The number of imidazole rings is 1. The van der Waals surface area contributed by atoms with Gasteiger partial charge in [0.1, 0.15) is 5.65 Å². The Morgan fingerprint density at radius 2 is 2.05 bits per heavy atom. The average molecular weight is 281 g/mol. The summed E-state index contributed by atoms with van der Waals surface area (Å²) in [5.74, 6) is 0. The Morgan fingerprint density at radius 1 is 1.25 bits per heavy atom. The lowest BCUT2D eigenvalue weighted by Gasteiger charge is -2.09. The number of aryl methyl sites for hydroxylation is 2.